The normalized spacial score (nSPS) is 12.3. The van der Waals surface area contributed by atoms with Crippen molar-refractivity contribution in [1.29, 1.82) is 0 Å². The molecule has 0 radical (unpaired) electrons. The predicted octanol–water partition coefficient (Wildman–Crippen LogP) is 3.38. The average molecular weight is 290 g/mol. The maximum absolute atomic E-state index is 13.5. The van der Waals surface area contributed by atoms with Gasteiger partial charge in [-0.05, 0) is 30.5 Å². The quantitative estimate of drug-likeness (QED) is 0.466. The molecule has 0 fully saturated rings. The lowest BCUT2D eigenvalue weighted by molar-refractivity contribution is 0.538. The van der Waals surface area contributed by atoms with Crippen LogP contribution < -0.4 is 11.3 Å². The van der Waals surface area contributed by atoms with Crippen molar-refractivity contribution in [3.63, 3.8) is 0 Å². The second kappa shape index (κ2) is 8.04. The van der Waals surface area contributed by atoms with E-state index in [2.05, 4.69) is 17.6 Å². The maximum Gasteiger partial charge on any atom is 0.136 e. The first-order valence-electron chi connectivity index (χ1n) is 6.67. The smallest absolute Gasteiger partial charge is 0.136 e. The Balaban J connectivity index is 1.82. The van der Waals surface area contributed by atoms with E-state index in [9.17, 15) is 4.39 Å². The Bertz CT molecular complexity index is 519. The Morgan fingerprint density at radius 2 is 1.75 bits per heavy atom. The number of hydrogen-bond donors (Lipinski definition) is 2. The number of hydrazine groups is 1. The van der Waals surface area contributed by atoms with Crippen molar-refractivity contribution < 1.29 is 4.39 Å². The van der Waals surface area contributed by atoms with Crippen LogP contribution in [0.25, 0.3) is 0 Å². The van der Waals surface area contributed by atoms with Crippen LogP contribution >= 0.6 is 11.8 Å². The number of hydrogen-bond acceptors (Lipinski definition) is 3. The molecule has 1 atom stereocenters. The van der Waals surface area contributed by atoms with E-state index in [-0.39, 0.29) is 11.9 Å². The van der Waals surface area contributed by atoms with E-state index in [4.69, 9.17) is 5.84 Å². The zero-order valence-corrected chi connectivity index (χ0v) is 12.1. The summed E-state index contributed by atoms with van der Waals surface area (Å²) in [5, 5.41) is 0. The predicted molar refractivity (Wildman–Crippen MR) is 83.0 cm³/mol. The lowest BCUT2D eigenvalue weighted by Crippen LogP contribution is -2.37. The largest absolute Gasteiger partial charge is 0.271 e. The van der Waals surface area contributed by atoms with Crippen molar-refractivity contribution >= 4 is 11.8 Å². The van der Waals surface area contributed by atoms with Gasteiger partial charge in [0.05, 0.1) is 0 Å². The van der Waals surface area contributed by atoms with Gasteiger partial charge in [-0.15, -0.1) is 11.8 Å². The van der Waals surface area contributed by atoms with Crippen molar-refractivity contribution in [2.24, 2.45) is 5.84 Å². The van der Waals surface area contributed by atoms with Gasteiger partial charge in [-0.3, -0.25) is 11.3 Å². The number of rotatable bonds is 7. The molecule has 3 N–H and O–H groups in total. The summed E-state index contributed by atoms with van der Waals surface area (Å²) in [7, 11) is 0. The van der Waals surface area contributed by atoms with Gasteiger partial charge in [0.15, 0.2) is 0 Å². The molecule has 0 saturated heterocycles. The molecular weight excluding hydrogens is 271 g/mol. The number of thioether (sulfide) groups is 1. The zero-order valence-electron chi connectivity index (χ0n) is 11.3. The van der Waals surface area contributed by atoms with E-state index >= 15 is 0 Å². The van der Waals surface area contributed by atoms with E-state index < -0.39 is 0 Å². The highest BCUT2D eigenvalue weighted by Gasteiger charge is 2.09. The van der Waals surface area contributed by atoms with Crippen LogP contribution in [-0.4, -0.2) is 11.8 Å². The molecule has 0 bridgehead atoms. The fraction of sp³-hybridized carbons (Fsp3) is 0.250. The highest BCUT2D eigenvalue weighted by atomic mass is 32.2. The van der Waals surface area contributed by atoms with Crippen molar-refractivity contribution in [3.8, 4) is 0 Å². The topological polar surface area (TPSA) is 38.0 Å². The third-order valence-corrected chi connectivity index (χ3v) is 4.35. The van der Waals surface area contributed by atoms with Crippen LogP contribution in [-0.2, 0) is 6.42 Å². The number of benzene rings is 2. The number of aryl methyl sites for hydroxylation is 1. The maximum atomic E-state index is 13.5. The molecular formula is C16H19FN2S. The van der Waals surface area contributed by atoms with E-state index in [0.717, 1.165) is 18.6 Å². The molecule has 0 aliphatic carbocycles. The first-order chi connectivity index (χ1) is 9.79. The van der Waals surface area contributed by atoms with Gasteiger partial charge in [0.25, 0.3) is 0 Å². The number of nitrogens with one attached hydrogen (secondary N) is 1. The van der Waals surface area contributed by atoms with E-state index in [1.165, 1.54) is 23.4 Å². The van der Waals surface area contributed by atoms with E-state index in [1.807, 2.05) is 24.3 Å². The molecule has 0 aromatic heterocycles. The summed E-state index contributed by atoms with van der Waals surface area (Å²) >= 11 is 1.50. The second-order valence-corrected chi connectivity index (χ2v) is 5.69. The first kappa shape index (κ1) is 15.0. The van der Waals surface area contributed by atoms with E-state index in [0.29, 0.717) is 4.90 Å². The fourth-order valence-electron chi connectivity index (χ4n) is 1.95. The molecule has 0 aliphatic rings. The fourth-order valence-corrected chi connectivity index (χ4v) is 2.98. The Morgan fingerprint density at radius 3 is 2.45 bits per heavy atom. The van der Waals surface area contributed by atoms with Gasteiger partial charge in [0.2, 0.25) is 0 Å². The molecule has 0 saturated carbocycles. The van der Waals surface area contributed by atoms with Gasteiger partial charge >= 0.3 is 0 Å². The lowest BCUT2D eigenvalue weighted by Gasteiger charge is -2.15. The molecule has 2 nitrogen and oxygen atoms in total. The molecule has 0 aliphatic heterocycles. The van der Waals surface area contributed by atoms with Gasteiger partial charge in [-0.25, -0.2) is 4.39 Å². The van der Waals surface area contributed by atoms with Crippen LogP contribution in [0.5, 0.6) is 0 Å². The summed E-state index contributed by atoms with van der Waals surface area (Å²) < 4.78 is 13.5. The molecule has 0 heterocycles. The number of nitrogens with two attached hydrogens (primary N) is 1. The molecule has 2 rings (SSSR count). The lowest BCUT2D eigenvalue weighted by atomic mass is 10.1. The average Bonchev–Trinajstić information content (AvgIpc) is 2.50. The third kappa shape index (κ3) is 4.63. The molecule has 2 aromatic rings. The van der Waals surface area contributed by atoms with Crippen LogP contribution in [0.3, 0.4) is 0 Å². The summed E-state index contributed by atoms with van der Waals surface area (Å²) in [6.45, 7) is 0. The van der Waals surface area contributed by atoms with Crippen molar-refractivity contribution in [1.82, 2.24) is 5.43 Å². The van der Waals surface area contributed by atoms with Gasteiger partial charge in [-0.2, -0.15) is 0 Å². The minimum Gasteiger partial charge on any atom is -0.271 e. The molecule has 2 aromatic carbocycles. The van der Waals surface area contributed by atoms with Gasteiger partial charge in [0.1, 0.15) is 5.82 Å². The summed E-state index contributed by atoms with van der Waals surface area (Å²) in [4.78, 5) is 0.674. The Hall–Kier alpha value is -1.36. The van der Waals surface area contributed by atoms with Crippen LogP contribution in [0.1, 0.15) is 12.0 Å². The van der Waals surface area contributed by atoms with Crippen LogP contribution in [0.4, 0.5) is 4.39 Å². The SMILES string of the molecule is NNC(CCc1ccccc1)CSc1ccccc1F. The summed E-state index contributed by atoms with van der Waals surface area (Å²) in [5.41, 5.74) is 4.11. The monoisotopic (exact) mass is 290 g/mol. The molecule has 1 unspecified atom stereocenters. The van der Waals surface area contributed by atoms with Gasteiger partial charge in [-0.1, -0.05) is 42.5 Å². The van der Waals surface area contributed by atoms with Crippen LogP contribution in [0, 0.1) is 5.82 Å². The Labute approximate surface area is 123 Å². The van der Waals surface area contributed by atoms with Gasteiger partial charge < -0.3 is 0 Å². The summed E-state index contributed by atoms with van der Waals surface area (Å²) in [6, 6.07) is 17.3. The van der Waals surface area contributed by atoms with Crippen molar-refractivity contribution in [2.45, 2.75) is 23.8 Å². The minimum absolute atomic E-state index is 0.166. The summed E-state index contributed by atoms with van der Waals surface area (Å²) in [5.74, 6) is 6.17. The van der Waals surface area contributed by atoms with Crippen molar-refractivity contribution in [2.75, 3.05) is 5.75 Å². The van der Waals surface area contributed by atoms with Gasteiger partial charge in [0, 0.05) is 16.7 Å². The standard InChI is InChI=1S/C16H19FN2S/c17-15-8-4-5-9-16(15)20-12-14(19-18)11-10-13-6-2-1-3-7-13/h1-9,14,19H,10-12,18H2. The molecule has 4 heteroatoms. The minimum atomic E-state index is -0.170. The molecule has 0 spiro atoms. The molecule has 0 amide bonds. The van der Waals surface area contributed by atoms with Crippen LogP contribution in [0.15, 0.2) is 59.5 Å². The highest BCUT2D eigenvalue weighted by Crippen LogP contribution is 2.22. The molecule has 20 heavy (non-hydrogen) atoms. The third-order valence-electron chi connectivity index (χ3n) is 3.14. The number of halogens is 1. The first-order valence-corrected chi connectivity index (χ1v) is 7.65. The Morgan fingerprint density at radius 1 is 1.05 bits per heavy atom. The van der Waals surface area contributed by atoms with Crippen LogP contribution in [0.2, 0.25) is 0 Å². The Kier molecular flexibility index (Phi) is 6.05. The highest BCUT2D eigenvalue weighted by molar-refractivity contribution is 7.99. The second-order valence-electron chi connectivity index (χ2n) is 4.63. The molecule has 106 valence electrons. The van der Waals surface area contributed by atoms with E-state index in [1.54, 1.807) is 12.1 Å². The summed E-state index contributed by atoms with van der Waals surface area (Å²) in [6.07, 6.45) is 1.90. The zero-order chi connectivity index (χ0) is 14.2. The van der Waals surface area contributed by atoms with Crippen molar-refractivity contribution in [3.05, 3.63) is 66.0 Å².